The first-order valence-electron chi connectivity index (χ1n) is 5.95. The summed E-state index contributed by atoms with van der Waals surface area (Å²) >= 11 is 3.50. The Morgan fingerprint density at radius 3 is 2.94 bits per heavy atom. The van der Waals surface area contributed by atoms with Gasteiger partial charge >= 0.3 is 0 Å². The molecule has 1 aliphatic heterocycles. The lowest BCUT2D eigenvalue weighted by Gasteiger charge is -2.08. The Morgan fingerprint density at radius 1 is 1.35 bits per heavy atom. The second-order valence-corrected chi connectivity index (χ2v) is 5.53. The molecule has 3 nitrogen and oxygen atoms in total. The van der Waals surface area contributed by atoms with Crippen LogP contribution in [0.4, 0.5) is 0 Å². The Bertz CT molecular complexity index is 393. The molecule has 0 unspecified atom stereocenters. The van der Waals surface area contributed by atoms with Crippen LogP contribution >= 0.6 is 15.9 Å². The van der Waals surface area contributed by atoms with Gasteiger partial charge in [0.15, 0.2) is 11.5 Å². The lowest BCUT2D eigenvalue weighted by atomic mass is 10.1. The van der Waals surface area contributed by atoms with Gasteiger partial charge in [0.1, 0.15) is 0 Å². The van der Waals surface area contributed by atoms with Gasteiger partial charge in [0.05, 0.1) is 4.47 Å². The average molecular weight is 300 g/mol. The Labute approximate surface area is 111 Å². The predicted octanol–water partition coefficient (Wildman–Crippen LogP) is 3.31. The van der Waals surface area contributed by atoms with Crippen molar-refractivity contribution in [3.63, 3.8) is 0 Å². The van der Waals surface area contributed by atoms with Crippen LogP contribution in [0.1, 0.15) is 25.8 Å². The molecular formula is C13H18BrNO2. The van der Waals surface area contributed by atoms with Crippen molar-refractivity contribution >= 4 is 15.9 Å². The monoisotopic (exact) mass is 299 g/mol. The van der Waals surface area contributed by atoms with E-state index in [2.05, 4.69) is 41.2 Å². The lowest BCUT2D eigenvalue weighted by Crippen LogP contribution is -2.16. The first-order valence-corrected chi connectivity index (χ1v) is 6.75. The maximum Gasteiger partial charge on any atom is 0.231 e. The second-order valence-electron chi connectivity index (χ2n) is 4.67. The fourth-order valence-corrected chi connectivity index (χ4v) is 2.35. The van der Waals surface area contributed by atoms with E-state index in [1.165, 1.54) is 12.0 Å². The predicted molar refractivity (Wildman–Crippen MR) is 71.4 cm³/mol. The van der Waals surface area contributed by atoms with Gasteiger partial charge in [0.2, 0.25) is 6.79 Å². The highest BCUT2D eigenvalue weighted by Gasteiger charge is 2.17. The summed E-state index contributed by atoms with van der Waals surface area (Å²) in [5, 5.41) is 3.43. The van der Waals surface area contributed by atoms with Gasteiger partial charge in [0.25, 0.3) is 0 Å². The summed E-state index contributed by atoms with van der Waals surface area (Å²) in [7, 11) is 0. The van der Waals surface area contributed by atoms with E-state index in [9.17, 15) is 0 Å². The third kappa shape index (κ3) is 3.36. The van der Waals surface area contributed by atoms with E-state index in [4.69, 9.17) is 9.47 Å². The highest BCUT2D eigenvalue weighted by atomic mass is 79.9. The lowest BCUT2D eigenvalue weighted by molar-refractivity contribution is 0.173. The molecule has 0 radical (unpaired) electrons. The van der Waals surface area contributed by atoms with Crippen LogP contribution in [-0.4, -0.2) is 13.3 Å². The SMILES string of the molecule is CC(C)CCNCc1cc(Br)c2c(c1)OCO2. The fourth-order valence-electron chi connectivity index (χ4n) is 1.75. The van der Waals surface area contributed by atoms with Crippen molar-refractivity contribution in [1.29, 1.82) is 0 Å². The van der Waals surface area contributed by atoms with Gasteiger partial charge < -0.3 is 14.8 Å². The first-order chi connectivity index (χ1) is 8.16. The normalized spacial score (nSPS) is 13.4. The van der Waals surface area contributed by atoms with Crippen LogP contribution in [0.5, 0.6) is 11.5 Å². The van der Waals surface area contributed by atoms with E-state index in [0.29, 0.717) is 6.79 Å². The minimum Gasteiger partial charge on any atom is -0.454 e. The van der Waals surface area contributed by atoms with E-state index < -0.39 is 0 Å². The van der Waals surface area contributed by atoms with Crippen LogP contribution in [0.25, 0.3) is 0 Å². The van der Waals surface area contributed by atoms with Gasteiger partial charge in [-0.15, -0.1) is 0 Å². The molecule has 1 heterocycles. The zero-order chi connectivity index (χ0) is 12.3. The maximum atomic E-state index is 5.38. The van der Waals surface area contributed by atoms with Crippen LogP contribution in [0.2, 0.25) is 0 Å². The molecule has 0 amide bonds. The molecule has 0 fully saturated rings. The summed E-state index contributed by atoms with van der Waals surface area (Å²) in [5.74, 6) is 2.39. The van der Waals surface area contributed by atoms with Crippen molar-refractivity contribution in [2.45, 2.75) is 26.8 Å². The third-order valence-corrected chi connectivity index (χ3v) is 3.30. The molecule has 0 bridgehead atoms. The third-order valence-electron chi connectivity index (χ3n) is 2.71. The van der Waals surface area contributed by atoms with E-state index in [0.717, 1.165) is 35.0 Å². The van der Waals surface area contributed by atoms with Crippen molar-refractivity contribution in [3.05, 3.63) is 22.2 Å². The standard InChI is InChI=1S/C13H18BrNO2/c1-9(2)3-4-15-7-10-5-11(14)13-12(6-10)16-8-17-13/h5-6,9,15H,3-4,7-8H2,1-2H3. The number of halogens is 1. The molecule has 94 valence electrons. The average Bonchev–Trinajstić information content (AvgIpc) is 2.72. The molecule has 0 spiro atoms. The molecule has 1 N–H and O–H groups in total. The van der Waals surface area contributed by atoms with E-state index in [-0.39, 0.29) is 0 Å². The molecule has 1 aromatic rings. The number of hydrogen-bond donors (Lipinski definition) is 1. The van der Waals surface area contributed by atoms with E-state index >= 15 is 0 Å². The van der Waals surface area contributed by atoms with Crippen LogP contribution in [0.15, 0.2) is 16.6 Å². The summed E-state index contributed by atoms with van der Waals surface area (Å²) in [6.07, 6.45) is 1.20. The van der Waals surface area contributed by atoms with Crippen molar-refractivity contribution in [2.75, 3.05) is 13.3 Å². The van der Waals surface area contributed by atoms with E-state index in [1.54, 1.807) is 0 Å². The highest BCUT2D eigenvalue weighted by molar-refractivity contribution is 9.10. The van der Waals surface area contributed by atoms with Crippen molar-refractivity contribution < 1.29 is 9.47 Å². The topological polar surface area (TPSA) is 30.5 Å². The number of fused-ring (bicyclic) bond motifs is 1. The minimum absolute atomic E-state index is 0.318. The molecule has 2 rings (SSSR count). The minimum atomic E-state index is 0.318. The van der Waals surface area contributed by atoms with Crippen LogP contribution < -0.4 is 14.8 Å². The van der Waals surface area contributed by atoms with Crippen LogP contribution in [0, 0.1) is 5.92 Å². The second kappa shape index (κ2) is 5.74. The van der Waals surface area contributed by atoms with Gasteiger partial charge in [-0.1, -0.05) is 13.8 Å². The number of rotatable bonds is 5. The summed E-state index contributed by atoms with van der Waals surface area (Å²) in [5.41, 5.74) is 1.21. The summed E-state index contributed by atoms with van der Waals surface area (Å²) in [4.78, 5) is 0. The van der Waals surface area contributed by atoms with Gasteiger partial charge in [-0.3, -0.25) is 0 Å². The van der Waals surface area contributed by atoms with Crippen molar-refractivity contribution in [3.8, 4) is 11.5 Å². The molecule has 4 heteroatoms. The largest absolute Gasteiger partial charge is 0.454 e. The van der Waals surface area contributed by atoms with Crippen LogP contribution in [0.3, 0.4) is 0 Å². The van der Waals surface area contributed by atoms with Gasteiger partial charge in [-0.05, 0) is 52.5 Å². The Hall–Kier alpha value is -0.740. The van der Waals surface area contributed by atoms with Crippen molar-refractivity contribution in [2.24, 2.45) is 5.92 Å². The Kier molecular flexibility index (Phi) is 4.29. The number of nitrogens with one attached hydrogen (secondary N) is 1. The van der Waals surface area contributed by atoms with E-state index in [1.807, 2.05) is 6.07 Å². The molecule has 0 atom stereocenters. The van der Waals surface area contributed by atoms with Gasteiger partial charge in [0, 0.05) is 6.54 Å². The quantitative estimate of drug-likeness (QED) is 0.846. The Balaban J connectivity index is 1.91. The summed E-state index contributed by atoms with van der Waals surface area (Å²) < 4.78 is 11.7. The van der Waals surface area contributed by atoms with Crippen molar-refractivity contribution in [1.82, 2.24) is 5.32 Å². The first kappa shape index (κ1) is 12.7. The number of benzene rings is 1. The summed E-state index contributed by atoms with van der Waals surface area (Å²) in [6.45, 7) is 6.70. The zero-order valence-electron chi connectivity index (χ0n) is 10.3. The molecule has 17 heavy (non-hydrogen) atoms. The zero-order valence-corrected chi connectivity index (χ0v) is 11.8. The molecule has 0 saturated heterocycles. The molecule has 0 aliphatic carbocycles. The number of hydrogen-bond acceptors (Lipinski definition) is 3. The Morgan fingerprint density at radius 2 is 2.18 bits per heavy atom. The maximum absolute atomic E-state index is 5.38. The highest BCUT2D eigenvalue weighted by Crippen LogP contribution is 2.39. The van der Waals surface area contributed by atoms with Gasteiger partial charge in [-0.25, -0.2) is 0 Å². The molecule has 1 aromatic carbocycles. The smallest absolute Gasteiger partial charge is 0.231 e. The summed E-state index contributed by atoms with van der Waals surface area (Å²) in [6, 6.07) is 4.12. The molecule has 0 saturated carbocycles. The molecule has 1 aliphatic rings. The number of ether oxygens (including phenoxy) is 2. The van der Waals surface area contributed by atoms with Crippen LogP contribution in [-0.2, 0) is 6.54 Å². The molecular weight excluding hydrogens is 282 g/mol. The molecule has 0 aromatic heterocycles. The fraction of sp³-hybridized carbons (Fsp3) is 0.538. The van der Waals surface area contributed by atoms with Gasteiger partial charge in [-0.2, -0.15) is 0 Å².